The van der Waals surface area contributed by atoms with Crippen LogP contribution in [0.3, 0.4) is 0 Å². The molecule has 1 fully saturated rings. The third-order valence-electron chi connectivity index (χ3n) is 3.73. The number of ketones is 1. The van der Waals surface area contributed by atoms with Gasteiger partial charge in [-0.3, -0.25) is 14.2 Å². The third-order valence-corrected chi connectivity index (χ3v) is 3.73. The predicted octanol–water partition coefficient (Wildman–Crippen LogP) is 1.18. The summed E-state index contributed by atoms with van der Waals surface area (Å²) in [4.78, 5) is 35.9. The maximum absolute atomic E-state index is 12.1. The molecule has 0 spiro atoms. The number of rotatable bonds is 5. The Bertz CT molecular complexity index is 565. The van der Waals surface area contributed by atoms with E-state index in [2.05, 4.69) is 0 Å². The molecule has 0 aromatic carbocycles. The fourth-order valence-corrected chi connectivity index (χ4v) is 2.65. The second kappa shape index (κ2) is 5.99. The lowest BCUT2D eigenvalue weighted by atomic mass is 10.0. The van der Waals surface area contributed by atoms with Gasteiger partial charge in [0.2, 0.25) is 0 Å². The average molecular weight is 264 g/mol. The molecule has 1 heterocycles. The van der Waals surface area contributed by atoms with Gasteiger partial charge in [0, 0.05) is 24.7 Å². The minimum Gasteiger partial charge on any atom is -0.300 e. The number of carbonyl (C=O) groups is 1. The van der Waals surface area contributed by atoms with Gasteiger partial charge in [0.1, 0.15) is 0 Å². The number of hydrogen-bond acceptors (Lipinski definition) is 3. The van der Waals surface area contributed by atoms with Crippen LogP contribution in [0.1, 0.15) is 39.0 Å². The third kappa shape index (κ3) is 3.03. The van der Waals surface area contributed by atoms with Crippen LogP contribution in [-0.4, -0.2) is 14.9 Å². The molecule has 1 aromatic rings. The summed E-state index contributed by atoms with van der Waals surface area (Å²) in [6.07, 6.45) is 6.24. The van der Waals surface area contributed by atoms with Crippen LogP contribution in [0.25, 0.3) is 0 Å². The van der Waals surface area contributed by atoms with Gasteiger partial charge in [0.05, 0.1) is 6.54 Å². The SMILES string of the molecule is CCCn1ccc(=O)n(CC(=O)C2CCCC2)c1=O. The van der Waals surface area contributed by atoms with E-state index in [9.17, 15) is 14.4 Å². The zero-order chi connectivity index (χ0) is 13.8. The van der Waals surface area contributed by atoms with E-state index in [-0.39, 0.29) is 29.5 Å². The van der Waals surface area contributed by atoms with Crippen molar-refractivity contribution in [2.45, 2.75) is 52.1 Å². The van der Waals surface area contributed by atoms with Crippen LogP contribution in [0.2, 0.25) is 0 Å². The first-order chi connectivity index (χ1) is 9.13. The van der Waals surface area contributed by atoms with E-state index < -0.39 is 0 Å². The largest absolute Gasteiger partial charge is 0.331 e. The van der Waals surface area contributed by atoms with Gasteiger partial charge in [-0.1, -0.05) is 19.8 Å². The van der Waals surface area contributed by atoms with Crippen molar-refractivity contribution in [3.8, 4) is 0 Å². The van der Waals surface area contributed by atoms with Gasteiger partial charge < -0.3 is 4.57 Å². The van der Waals surface area contributed by atoms with E-state index in [1.54, 1.807) is 0 Å². The van der Waals surface area contributed by atoms with Crippen molar-refractivity contribution in [1.29, 1.82) is 0 Å². The number of aryl methyl sites for hydroxylation is 1. The standard InChI is InChI=1S/C14H20N2O3/c1-2-8-15-9-7-13(18)16(14(15)19)10-12(17)11-5-3-4-6-11/h7,9,11H,2-6,8,10H2,1H3. The maximum Gasteiger partial charge on any atom is 0.331 e. The molecule has 0 N–H and O–H groups in total. The lowest BCUT2D eigenvalue weighted by molar-refractivity contribution is -0.123. The zero-order valence-corrected chi connectivity index (χ0v) is 11.3. The molecule has 19 heavy (non-hydrogen) atoms. The van der Waals surface area contributed by atoms with Crippen molar-refractivity contribution in [3.05, 3.63) is 33.1 Å². The zero-order valence-electron chi connectivity index (χ0n) is 11.3. The van der Waals surface area contributed by atoms with Crippen molar-refractivity contribution in [1.82, 2.24) is 9.13 Å². The van der Waals surface area contributed by atoms with Crippen molar-refractivity contribution >= 4 is 5.78 Å². The molecule has 1 aliphatic rings. The Balaban J connectivity index is 2.23. The molecule has 0 aliphatic heterocycles. The molecule has 1 aromatic heterocycles. The summed E-state index contributed by atoms with van der Waals surface area (Å²) in [7, 11) is 0. The van der Waals surface area contributed by atoms with E-state index in [0.717, 1.165) is 36.7 Å². The fourth-order valence-electron chi connectivity index (χ4n) is 2.65. The van der Waals surface area contributed by atoms with E-state index >= 15 is 0 Å². The molecule has 1 aliphatic carbocycles. The lowest BCUT2D eigenvalue weighted by Crippen LogP contribution is -2.41. The predicted molar refractivity (Wildman–Crippen MR) is 72.2 cm³/mol. The Kier molecular flexibility index (Phi) is 4.35. The number of hydrogen-bond donors (Lipinski definition) is 0. The van der Waals surface area contributed by atoms with Crippen molar-refractivity contribution in [2.24, 2.45) is 5.92 Å². The Hall–Kier alpha value is -1.65. The second-order valence-corrected chi connectivity index (χ2v) is 5.16. The first-order valence-corrected chi connectivity index (χ1v) is 6.96. The summed E-state index contributed by atoms with van der Waals surface area (Å²) in [5.41, 5.74) is -0.760. The summed E-state index contributed by atoms with van der Waals surface area (Å²) in [5.74, 6) is 0.0529. The molecule has 5 nitrogen and oxygen atoms in total. The van der Waals surface area contributed by atoms with Crippen LogP contribution in [0, 0.1) is 5.92 Å². The number of aromatic nitrogens is 2. The molecule has 5 heteroatoms. The number of nitrogens with zero attached hydrogens (tertiary/aromatic N) is 2. The van der Waals surface area contributed by atoms with Crippen molar-refractivity contribution in [2.75, 3.05) is 0 Å². The van der Waals surface area contributed by atoms with Crippen LogP contribution in [0.15, 0.2) is 21.9 Å². The summed E-state index contributed by atoms with van der Waals surface area (Å²) < 4.78 is 2.56. The van der Waals surface area contributed by atoms with Crippen molar-refractivity contribution < 1.29 is 4.79 Å². The number of Topliss-reactive ketones (excluding diaryl/α,β-unsaturated/α-hetero) is 1. The highest BCUT2D eigenvalue weighted by molar-refractivity contribution is 5.81. The minimum atomic E-state index is -0.385. The van der Waals surface area contributed by atoms with Gasteiger partial charge in [0.15, 0.2) is 5.78 Å². The highest BCUT2D eigenvalue weighted by Crippen LogP contribution is 2.25. The van der Waals surface area contributed by atoms with Crippen LogP contribution >= 0.6 is 0 Å². The molecule has 0 saturated heterocycles. The molecule has 0 bridgehead atoms. The monoisotopic (exact) mass is 264 g/mol. The molecule has 0 amide bonds. The van der Waals surface area contributed by atoms with Gasteiger partial charge in [-0.25, -0.2) is 4.79 Å². The minimum absolute atomic E-state index is 0.0194. The molecular formula is C14H20N2O3. The molecule has 0 atom stereocenters. The highest BCUT2D eigenvalue weighted by atomic mass is 16.2. The second-order valence-electron chi connectivity index (χ2n) is 5.16. The molecular weight excluding hydrogens is 244 g/mol. The van der Waals surface area contributed by atoms with Gasteiger partial charge in [-0.05, 0) is 19.3 Å². The van der Waals surface area contributed by atoms with Gasteiger partial charge in [-0.15, -0.1) is 0 Å². The molecule has 2 rings (SSSR count). The molecule has 0 unspecified atom stereocenters. The summed E-state index contributed by atoms with van der Waals surface area (Å²) in [5, 5.41) is 0. The van der Waals surface area contributed by atoms with Crippen LogP contribution < -0.4 is 11.2 Å². The van der Waals surface area contributed by atoms with Gasteiger partial charge in [-0.2, -0.15) is 0 Å². The maximum atomic E-state index is 12.1. The van der Waals surface area contributed by atoms with Gasteiger partial charge >= 0.3 is 5.69 Å². The summed E-state index contributed by atoms with van der Waals surface area (Å²) in [6, 6.07) is 1.36. The van der Waals surface area contributed by atoms with E-state index in [0.29, 0.717) is 6.54 Å². The number of carbonyl (C=O) groups excluding carboxylic acids is 1. The smallest absolute Gasteiger partial charge is 0.300 e. The topological polar surface area (TPSA) is 61.1 Å². The van der Waals surface area contributed by atoms with E-state index in [1.165, 1.54) is 16.8 Å². The Morgan fingerprint density at radius 1 is 1.32 bits per heavy atom. The van der Waals surface area contributed by atoms with Gasteiger partial charge in [0.25, 0.3) is 5.56 Å². The molecule has 1 saturated carbocycles. The van der Waals surface area contributed by atoms with E-state index in [4.69, 9.17) is 0 Å². The highest BCUT2D eigenvalue weighted by Gasteiger charge is 2.23. The summed E-state index contributed by atoms with van der Waals surface area (Å²) >= 11 is 0. The quantitative estimate of drug-likeness (QED) is 0.802. The molecule has 104 valence electrons. The normalized spacial score (nSPS) is 15.8. The van der Waals surface area contributed by atoms with Crippen LogP contribution in [0.4, 0.5) is 0 Å². The van der Waals surface area contributed by atoms with Crippen molar-refractivity contribution in [3.63, 3.8) is 0 Å². The Morgan fingerprint density at radius 3 is 2.63 bits per heavy atom. The Labute approximate surface area is 111 Å². The van der Waals surface area contributed by atoms with Crippen LogP contribution in [0.5, 0.6) is 0 Å². The summed E-state index contributed by atoms with van der Waals surface area (Å²) in [6.45, 7) is 2.45. The fraction of sp³-hybridized carbons (Fsp3) is 0.643. The average Bonchev–Trinajstić information content (AvgIpc) is 2.92. The molecule has 0 radical (unpaired) electrons. The van der Waals surface area contributed by atoms with Crippen LogP contribution in [-0.2, 0) is 17.9 Å². The Morgan fingerprint density at radius 2 is 2.00 bits per heavy atom. The first-order valence-electron chi connectivity index (χ1n) is 6.96. The van der Waals surface area contributed by atoms with E-state index in [1.807, 2.05) is 6.92 Å². The lowest BCUT2D eigenvalue weighted by Gasteiger charge is -2.11. The first kappa shape index (κ1) is 13.8.